The van der Waals surface area contributed by atoms with Crippen molar-refractivity contribution in [2.45, 2.75) is 37.6 Å². The Bertz CT molecular complexity index is 212. The number of hydrogen-bond acceptors (Lipinski definition) is 5. The fraction of sp³-hybridized carbons (Fsp3) is 0.875. The van der Waals surface area contributed by atoms with Gasteiger partial charge in [0.25, 0.3) is 0 Å². The number of amides is 1. The standard InChI is InChI=1S/C8H15NO5/c1-4-6(11)7(12)5(8(13)14-4)9(2)3-10/h3-8,11-13H,1-2H3. The van der Waals surface area contributed by atoms with Crippen LogP contribution >= 0.6 is 0 Å². The van der Waals surface area contributed by atoms with Crippen LogP contribution in [0.5, 0.6) is 0 Å². The summed E-state index contributed by atoms with van der Waals surface area (Å²) in [5.41, 5.74) is 0. The molecule has 5 atom stereocenters. The van der Waals surface area contributed by atoms with Gasteiger partial charge in [0.1, 0.15) is 18.2 Å². The van der Waals surface area contributed by atoms with Crippen molar-refractivity contribution < 1.29 is 24.9 Å². The molecule has 0 aromatic heterocycles. The molecule has 82 valence electrons. The molecule has 0 radical (unpaired) electrons. The van der Waals surface area contributed by atoms with E-state index >= 15 is 0 Å². The fourth-order valence-electron chi connectivity index (χ4n) is 1.54. The Morgan fingerprint density at radius 1 is 1.29 bits per heavy atom. The molecule has 3 N–H and O–H groups in total. The molecule has 0 aliphatic carbocycles. The van der Waals surface area contributed by atoms with E-state index < -0.39 is 30.6 Å². The molecule has 0 aromatic rings. The van der Waals surface area contributed by atoms with Gasteiger partial charge in [0, 0.05) is 7.05 Å². The summed E-state index contributed by atoms with van der Waals surface area (Å²) in [6, 6.07) is -0.932. The van der Waals surface area contributed by atoms with Crippen LogP contribution in [0.2, 0.25) is 0 Å². The minimum absolute atomic E-state index is 0.461. The van der Waals surface area contributed by atoms with Gasteiger partial charge in [0.15, 0.2) is 6.29 Å². The first-order valence-electron chi connectivity index (χ1n) is 4.36. The molecule has 1 saturated heterocycles. The van der Waals surface area contributed by atoms with Crippen molar-refractivity contribution in [1.29, 1.82) is 0 Å². The molecule has 0 aromatic carbocycles. The first kappa shape index (κ1) is 11.4. The molecule has 5 unspecified atom stereocenters. The Kier molecular flexibility index (Phi) is 3.43. The van der Waals surface area contributed by atoms with Crippen molar-refractivity contribution >= 4 is 6.41 Å². The lowest BCUT2D eigenvalue weighted by Gasteiger charge is -2.42. The smallest absolute Gasteiger partial charge is 0.209 e. The molecule has 14 heavy (non-hydrogen) atoms. The number of carbonyl (C=O) groups is 1. The molecule has 0 bridgehead atoms. The molecule has 0 spiro atoms. The van der Waals surface area contributed by atoms with Crippen LogP contribution in [0, 0.1) is 0 Å². The zero-order valence-corrected chi connectivity index (χ0v) is 8.07. The van der Waals surface area contributed by atoms with Gasteiger partial charge in [-0.05, 0) is 6.92 Å². The summed E-state index contributed by atoms with van der Waals surface area (Å²) in [6.07, 6.45) is -3.78. The average molecular weight is 205 g/mol. The van der Waals surface area contributed by atoms with Gasteiger partial charge < -0.3 is 25.0 Å². The topological polar surface area (TPSA) is 90.2 Å². The SMILES string of the molecule is CC1OC(O)C(N(C)C=O)C(O)C1O. The second-order valence-electron chi connectivity index (χ2n) is 3.47. The average Bonchev–Trinajstić information content (AvgIpc) is 2.14. The fourth-order valence-corrected chi connectivity index (χ4v) is 1.54. The first-order chi connectivity index (χ1) is 6.49. The molecule has 1 fully saturated rings. The summed E-state index contributed by atoms with van der Waals surface area (Å²) in [6.45, 7) is 1.54. The first-order valence-corrected chi connectivity index (χ1v) is 4.36. The summed E-state index contributed by atoms with van der Waals surface area (Å²) >= 11 is 0. The van der Waals surface area contributed by atoms with E-state index in [0.717, 1.165) is 4.90 Å². The van der Waals surface area contributed by atoms with Crippen LogP contribution < -0.4 is 0 Å². The maximum atomic E-state index is 10.4. The largest absolute Gasteiger partial charge is 0.388 e. The molecule has 1 aliphatic heterocycles. The van der Waals surface area contributed by atoms with Crippen molar-refractivity contribution in [2.75, 3.05) is 7.05 Å². The van der Waals surface area contributed by atoms with E-state index in [-0.39, 0.29) is 0 Å². The molecule has 1 amide bonds. The number of likely N-dealkylation sites (N-methyl/N-ethyl adjacent to an activating group) is 1. The van der Waals surface area contributed by atoms with Crippen LogP contribution in [0.25, 0.3) is 0 Å². The van der Waals surface area contributed by atoms with Crippen LogP contribution in [0.1, 0.15) is 6.92 Å². The Morgan fingerprint density at radius 3 is 2.36 bits per heavy atom. The van der Waals surface area contributed by atoms with Gasteiger partial charge in [-0.2, -0.15) is 0 Å². The van der Waals surface area contributed by atoms with E-state index in [2.05, 4.69) is 0 Å². The Balaban J connectivity index is 2.78. The number of carbonyl (C=O) groups excluding carboxylic acids is 1. The number of rotatable bonds is 2. The van der Waals surface area contributed by atoms with Gasteiger partial charge in [-0.1, -0.05) is 0 Å². The summed E-state index contributed by atoms with van der Waals surface area (Å²) in [4.78, 5) is 11.5. The van der Waals surface area contributed by atoms with Crippen LogP contribution in [-0.2, 0) is 9.53 Å². The second kappa shape index (κ2) is 4.22. The van der Waals surface area contributed by atoms with Gasteiger partial charge in [0.05, 0.1) is 6.10 Å². The van der Waals surface area contributed by atoms with E-state index in [1.54, 1.807) is 0 Å². The Hall–Kier alpha value is -0.690. The molecule has 6 heteroatoms. The van der Waals surface area contributed by atoms with E-state index in [0.29, 0.717) is 6.41 Å². The maximum absolute atomic E-state index is 10.4. The second-order valence-corrected chi connectivity index (χ2v) is 3.47. The highest BCUT2D eigenvalue weighted by atomic mass is 16.6. The predicted molar refractivity (Wildman–Crippen MR) is 46.2 cm³/mol. The molecule has 6 nitrogen and oxygen atoms in total. The van der Waals surface area contributed by atoms with Crippen LogP contribution in [0.15, 0.2) is 0 Å². The van der Waals surface area contributed by atoms with Crippen LogP contribution in [-0.4, -0.2) is 64.3 Å². The Morgan fingerprint density at radius 2 is 1.86 bits per heavy atom. The van der Waals surface area contributed by atoms with Crippen LogP contribution in [0.3, 0.4) is 0 Å². The minimum Gasteiger partial charge on any atom is -0.388 e. The van der Waals surface area contributed by atoms with Crippen LogP contribution in [0.4, 0.5) is 0 Å². The van der Waals surface area contributed by atoms with Crippen molar-refractivity contribution in [1.82, 2.24) is 4.90 Å². The zero-order valence-electron chi connectivity index (χ0n) is 8.07. The third-order valence-corrected chi connectivity index (χ3v) is 2.46. The number of hydrogen-bond donors (Lipinski definition) is 3. The minimum atomic E-state index is -1.28. The third kappa shape index (κ3) is 1.88. The predicted octanol–water partition coefficient (Wildman–Crippen LogP) is -2.10. The highest BCUT2D eigenvalue weighted by Crippen LogP contribution is 2.22. The van der Waals surface area contributed by atoms with E-state index in [1.165, 1.54) is 14.0 Å². The van der Waals surface area contributed by atoms with E-state index in [9.17, 15) is 20.1 Å². The lowest BCUT2D eigenvalue weighted by Crippen LogP contribution is -2.61. The van der Waals surface area contributed by atoms with Gasteiger partial charge in [0.2, 0.25) is 6.41 Å². The molecule has 1 heterocycles. The quantitative estimate of drug-likeness (QED) is 0.449. The zero-order chi connectivity index (χ0) is 10.9. The summed E-state index contributed by atoms with van der Waals surface area (Å²) < 4.78 is 4.95. The molecular weight excluding hydrogens is 190 g/mol. The van der Waals surface area contributed by atoms with Crippen molar-refractivity contribution in [3.63, 3.8) is 0 Å². The number of aliphatic hydroxyl groups excluding tert-OH is 3. The maximum Gasteiger partial charge on any atom is 0.209 e. The molecule has 0 saturated carbocycles. The van der Waals surface area contributed by atoms with Crippen molar-refractivity contribution in [2.24, 2.45) is 0 Å². The van der Waals surface area contributed by atoms with Gasteiger partial charge >= 0.3 is 0 Å². The lowest BCUT2D eigenvalue weighted by atomic mass is 9.97. The van der Waals surface area contributed by atoms with E-state index in [1.807, 2.05) is 0 Å². The van der Waals surface area contributed by atoms with Gasteiger partial charge in [-0.3, -0.25) is 4.79 Å². The van der Waals surface area contributed by atoms with Crippen molar-refractivity contribution in [3.8, 4) is 0 Å². The highest BCUT2D eigenvalue weighted by Gasteiger charge is 2.43. The third-order valence-electron chi connectivity index (χ3n) is 2.46. The molecule has 1 aliphatic rings. The number of aliphatic hydroxyl groups is 3. The van der Waals surface area contributed by atoms with Crippen molar-refractivity contribution in [3.05, 3.63) is 0 Å². The summed E-state index contributed by atoms with van der Waals surface area (Å²) in [7, 11) is 1.40. The summed E-state index contributed by atoms with van der Waals surface area (Å²) in [5, 5.41) is 28.5. The highest BCUT2D eigenvalue weighted by molar-refractivity contribution is 5.47. The summed E-state index contributed by atoms with van der Waals surface area (Å²) in [5.74, 6) is 0. The van der Waals surface area contributed by atoms with Gasteiger partial charge in [-0.15, -0.1) is 0 Å². The number of ether oxygens (including phenoxy) is 1. The molecular formula is C8H15NO5. The lowest BCUT2D eigenvalue weighted by molar-refractivity contribution is -0.257. The Labute approximate surface area is 81.7 Å². The molecule has 1 rings (SSSR count). The number of nitrogens with zero attached hydrogens (tertiary/aromatic N) is 1. The van der Waals surface area contributed by atoms with E-state index in [4.69, 9.17) is 4.74 Å². The normalized spacial score (nSPS) is 43.4. The van der Waals surface area contributed by atoms with Gasteiger partial charge in [-0.25, -0.2) is 0 Å². The monoisotopic (exact) mass is 205 g/mol.